The van der Waals surface area contributed by atoms with E-state index >= 15 is 0 Å². The predicted octanol–water partition coefficient (Wildman–Crippen LogP) is 4.61. The second-order valence-electron chi connectivity index (χ2n) is 9.70. The fourth-order valence-electron chi connectivity index (χ4n) is 4.81. The molecule has 2 aliphatic heterocycles. The minimum atomic E-state index is -0.481. The summed E-state index contributed by atoms with van der Waals surface area (Å²) < 4.78 is 30.3. The molecule has 2 aliphatic rings. The lowest BCUT2D eigenvalue weighted by Crippen LogP contribution is -2.47. The number of hydrogen-bond donors (Lipinski definition) is 1. The van der Waals surface area contributed by atoms with Crippen molar-refractivity contribution in [2.75, 3.05) is 70.7 Å². The summed E-state index contributed by atoms with van der Waals surface area (Å²) >= 11 is 7.64. The number of methoxy groups -OCH3 is 1. The van der Waals surface area contributed by atoms with Crippen LogP contribution in [0.25, 0.3) is 10.9 Å². The van der Waals surface area contributed by atoms with Crippen LogP contribution < -0.4 is 14.8 Å². The number of esters is 1. The lowest BCUT2D eigenvalue weighted by molar-refractivity contribution is -0.137. The molecule has 9 nitrogen and oxygen atoms in total. The number of hydrogen-bond acceptors (Lipinski definition) is 10. The molecule has 3 heterocycles. The average molecular weight is 590 g/mol. The highest BCUT2D eigenvalue weighted by molar-refractivity contribution is 8.00. The zero-order chi connectivity index (χ0) is 27.9. The van der Waals surface area contributed by atoms with Gasteiger partial charge >= 0.3 is 5.97 Å². The molecule has 2 saturated heterocycles. The standard InChI is InChI=1S/C28H33ClFN5O4S/c1-37-24-16-20-23(31-18-32-27(20)33-19-3-4-22(30)21(29)15-19)17-25(24)38-12-2-6-34-7-9-35(10-8-34)11-14-40-26-5-13-39-28(26)36/h3-4,15-18,26H,2,5-14H2,1H3,(H,31,32,33). The lowest BCUT2D eigenvalue weighted by Gasteiger charge is -2.34. The Morgan fingerprint density at radius 3 is 2.65 bits per heavy atom. The van der Waals surface area contributed by atoms with Crippen LogP contribution in [0.2, 0.25) is 5.02 Å². The van der Waals surface area contributed by atoms with E-state index in [1.165, 1.54) is 18.5 Å². The third-order valence-corrected chi connectivity index (χ3v) is 8.60. The van der Waals surface area contributed by atoms with Crippen molar-refractivity contribution in [3.8, 4) is 11.5 Å². The number of ether oxygens (including phenoxy) is 3. The Morgan fingerprint density at radius 1 is 1.12 bits per heavy atom. The Hall–Kier alpha value is -2.86. The van der Waals surface area contributed by atoms with Gasteiger partial charge in [0.2, 0.25) is 0 Å². The molecule has 1 atom stereocenters. The van der Waals surface area contributed by atoms with Gasteiger partial charge in [0.05, 0.1) is 30.9 Å². The Bertz CT molecular complexity index is 1330. The molecule has 0 amide bonds. The van der Waals surface area contributed by atoms with Crippen LogP contribution >= 0.6 is 23.4 Å². The highest BCUT2D eigenvalue weighted by Crippen LogP contribution is 2.35. The number of nitrogens with zero attached hydrogens (tertiary/aromatic N) is 4. The molecule has 2 fully saturated rings. The maximum absolute atomic E-state index is 13.5. The average Bonchev–Trinajstić information content (AvgIpc) is 3.38. The smallest absolute Gasteiger partial charge is 0.319 e. The highest BCUT2D eigenvalue weighted by atomic mass is 35.5. The van der Waals surface area contributed by atoms with E-state index in [1.54, 1.807) is 24.9 Å². The van der Waals surface area contributed by atoms with Gasteiger partial charge in [0.1, 0.15) is 23.2 Å². The molecule has 0 bridgehead atoms. The second kappa shape index (κ2) is 13.7. The molecule has 1 unspecified atom stereocenters. The van der Waals surface area contributed by atoms with E-state index in [1.807, 2.05) is 12.1 Å². The summed E-state index contributed by atoms with van der Waals surface area (Å²) in [5.74, 6) is 2.19. The van der Waals surface area contributed by atoms with Gasteiger partial charge in [-0.05, 0) is 30.7 Å². The lowest BCUT2D eigenvalue weighted by atomic mass is 10.2. The van der Waals surface area contributed by atoms with Crippen molar-refractivity contribution in [2.45, 2.75) is 18.1 Å². The van der Waals surface area contributed by atoms with Crippen molar-refractivity contribution in [2.24, 2.45) is 0 Å². The number of benzene rings is 2. The number of cyclic esters (lactones) is 1. The zero-order valence-electron chi connectivity index (χ0n) is 22.4. The molecule has 40 heavy (non-hydrogen) atoms. The number of aromatic nitrogens is 2. The summed E-state index contributed by atoms with van der Waals surface area (Å²) in [6.07, 6.45) is 3.19. The van der Waals surface area contributed by atoms with E-state index in [0.29, 0.717) is 41.7 Å². The van der Waals surface area contributed by atoms with E-state index in [-0.39, 0.29) is 16.2 Å². The number of rotatable bonds is 12. The number of carbonyl (C=O) groups excluding carboxylic acids is 1. The first kappa shape index (κ1) is 28.7. The van der Waals surface area contributed by atoms with Crippen molar-refractivity contribution < 1.29 is 23.4 Å². The van der Waals surface area contributed by atoms with E-state index in [4.69, 9.17) is 25.8 Å². The number of piperazine rings is 1. The fourth-order valence-corrected chi connectivity index (χ4v) is 6.10. The minimum absolute atomic E-state index is 0.0229. The Morgan fingerprint density at radius 2 is 1.93 bits per heavy atom. The molecule has 214 valence electrons. The van der Waals surface area contributed by atoms with Gasteiger partial charge in [0.15, 0.2) is 11.5 Å². The molecule has 0 saturated carbocycles. The van der Waals surface area contributed by atoms with Crippen LogP contribution in [0.5, 0.6) is 11.5 Å². The first-order valence-corrected chi connectivity index (χ1v) is 14.8. The summed E-state index contributed by atoms with van der Waals surface area (Å²) in [5.41, 5.74) is 1.31. The van der Waals surface area contributed by atoms with Crippen molar-refractivity contribution >= 4 is 51.7 Å². The summed E-state index contributed by atoms with van der Waals surface area (Å²) in [6, 6.07) is 8.10. The molecule has 2 aromatic carbocycles. The van der Waals surface area contributed by atoms with Gasteiger partial charge in [-0.1, -0.05) is 11.6 Å². The molecule has 12 heteroatoms. The van der Waals surface area contributed by atoms with E-state index in [2.05, 4.69) is 25.1 Å². The number of nitrogens with one attached hydrogen (secondary N) is 1. The van der Waals surface area contributed by atoms with Crippen LogP contribution in [-0.4, -0.2) is 96.3 Å². The molecule has 5 rings (SSSR count). The number of fused-ring (bicyclic) bond motifs is 1. The van der Waals surface area contributed by atoms with E-state index < -0.39 is 5.82 Å². The Balaban J connectivity index is 1.09. The predicted molar refractivity (Wildman–Crippen MR) is 156 cm³/mol. The van der Waals surface area contributed by atoms with Gasteiger partial charge in [-0.25, -0.2) is 14.4 Å². The van der Waals surface area contributed by atoms with Crippen LogP contribution in [0, 0.1) is 5.82 Å². The van der Waals surface area contributed by atoms with E-state index in [0.717, 1.165) is 63.2 Å². The van der Waals surface area contributed by atoms with Crippen molar-refractivity contribution in [3.05, 3.63) is 47.5 Å². The van der Waals surface area contributed by atoms with Crippen LogP contribution in [0.3, 0.4) is 0 Å². The molecule has 0 spiro atoms. The highest BCUT2D eigenvalue weighted by Gasteiger charge is 2.27. The molecule has 0 radical (unpaired) electrons. The van der Waals surface area contributed by atoms with Crippen LogP contribution in [0.1, 0.15) is 12.8 Å². The number of halogens is 2. The first-order valence-electron chi connectivity index (χ1n) is 13.4. The summed E-state index contributed by atoms with van der Waals surface area (Å²) in [7, 11) is 1.60. The molecule has 3 aromatic rings. The maximum atomic E-state index is 13.5. The third kappa shape index (κ3) is 7.25. The molecular weight excluding hydrogens is 557 g/mol. The number of carbonyl (C=O) groups is 1. The number of thioether (sulfide) groups is 1. The van der Waals surface area contributed by atoms with Crippen molar-refractivity contribution in [3.63, 3.8) is 0 Å². The Kier molecular flexibility index (Phi) is 9.79. The summed E-state index contributed by atoms with van der Waals surface area (Å²) in [4.78, 5) is 25.3. The maximum Gasteiger partial charge on any atom is 0.319 e. The largest absolute Gasteiger partial charge is 0.493 e. The molecule has 1 N–H and O–H groups in total. The third-order valence-electron chi connectivity index (χ3n) is 7.06. The van der Waals surface area contributed by atoms with Crippen molar-refractivity contribution in [1.82, 2.24) is 19.8 Å². The normalized spacial score (nSPS) is 18.2. The summed E-state index contributed by atoms with van der Waals surface area (Å²) in [6.45, 7) is 7.22. The monoisotopic (exact) mass is 589 g/mol. The zero-order valence-corrected chi connectivity index (χ0v) is 24.0. The quantitative estimate of drug-likeness (QED) is 0.239. The fraction of sp³-hybridized carbons (Fsp3) is 0.464. The summed E-state index contributed by atoms with van der Waals surface area (Å²) in [5, 5.41) is 3.97. The van der Waals surface area contributed by atoms with Crippen molar-refractivity contribution in [1.29, 1.82) is 0 Å². The molecule has 0 aliphatic carbocycles. The minimum Gasteiger partial charge on any atom is -0.493 e. The van der Waals surface area contributed by atoms with Gasteiger partial charge in [0.25, 0.3) is 0 Å². The second-order valence-corrected chi connectivity index (χ2v) is 11.4. The van der Waals surface area contributed by atoms with Crippen LogP contribution in [-0.2, 0) is 9.53 Å². The molecule has 1 aromatic heterocycles. The SMILES string of the molecule is COc1cc2c(Nc3ccc(F)c(Cl)c3)ncnc2cc1OCCCN1CCN(CCSC2CCOC2=O)CC1. The number of anilines is 2. The van der Waals surface area contributed by atoms with Crippen LogP contribution in [0.15, 0.2) is 36.7 Å². The van der Waals surface area contributed by atoms with Gasteiger partial charge < -0.3 is 24.4 Å². The van der Waals surface area contributed by atoms with Gasteiger partial charge in [-0.15, -0.1) is 11.8 Å². The van der Waals surface area contributed by atoms with Gasteiger partial charge in [0, 0.05) is 68.6 Å². The topological polar surface area (TPSA) is 89.1 Å². The Labute approximate surface area is 242 Å². The first-order chi connectivity index (χ1) is 19.5. The van der Waals surface area contributed by atoms with Crippen LogP contribution in [0.4, 0.5) is 15.9 Å². The van der Waals surface area contributed by atoms with Gasteiger partial charge in [-0.2, -0.15) is 0 Å². The molecular formula is C28H33ClFN5O4S. The van der Waals surface area contributed by atoms with Gasteiger partial charge in [-0.3, -0.25) is 9.69 Å². The van der Waals surface area contributed by atoms with E-state index in [9.17, 15) is 9.18 Å².